The Balaban J connectivity index is 0.000000759. The Hall–Kier alpha value is -4.10. The van der Waals surface area contributed by atoms with Crippen LogP contribution in [0.15, 0.2) is 126 Å². The first-order chi connectivity index (χ1) is 27.4. The number of rotatable bonds is 8. The molecule has 0 heterocycles. The van der Waals surface area contributed by atoms with Crippen LogP contribution < -0.4 is 4.18 Å². The zero-order valence-corrected chi connectivity index (χ0v) is 39.1. The van der Waals surface area contributed by atoms with Crippen molar-refractivity contribution in [1.82, 2.24) is 0 Å². The molecule has 0 unspecified atom stereocenters. The topological polar surface area (TPSA) is 9.23 Å². The molecule has 13 heteroatoms. The minimum atomic E-state index is -9.84. The molecule has 0 aliphatic carbocycles. The van der Waals surface area contributed by atoms with E-state index >= 15 is 0 Å². The summed E-state index contributed by atoms with van der Waals surface area (Å²) < 4.78 is 125. The maximum absolute atomic E-state index is 12.4. The second-order valence-corrected chi connectivity index (χ2v) is 21.0. The summed E-state index contributed by atoms with van der Waals surface area (Å²) in [6, 6.07) is 33.8. The summed E-state index contributed by atoms with van der Waals surface area (Å²) in [5.41, 5.74) is 9.30. The van der Waals surface area contributed by atoms with Gasteiger partial charge in [0.2, 0.25) is 0 Å². The molecule has 0 aromatic heterocycles. The Labute approximate surface area is 366 Å². The molecule has 1 nitrogen and oxygen atoms in total. The van der Waals surface area contributed by atoms with E-state index in [1.165, 1.54) is 51.6 Å². The van der Waals surface area contributed by atoms with Crippen molar-refractivity contribution in [3.8, 4) is 5.75 Å². The number of hydrogen-bond acceptors (Lipinski definition) is 1. The Bertz CT molecular complexity index is 2030. The third-order valence-corrected chi connectivity index (χ3v) is 10.6. The molecular formula is C49H68F10OS2. The van der Waals surface area contributed by atoms with Gasteiger partial charge >= 0.3 is 20.7 Å². The van der Waals surface area contributed by atoms with Crippen LogP contribution in [0.4, 0.5) is 38.9 Å². The molecule has 5 aromatic rings. The number of benzene rings is 5. The molecule has 0 aliphatic rings. The fraction of sp³-hybridized carbons (Fsp3) is 0.388. The SMILES string of the molecule is C.CC(C)c1ccc(OS(F)(F)(F)(F)F)cc1.CC(C)c1cccc(S(F)(F)(F)(F)F)c1.Cc1ccc(C(C)C)cc1.Cc1ccc(C(C)C)cc1.Cc1cccc(C(C)C)c1. The quantitative estimate of drug-likeness (QED) is 0.141. The standard InChI is InChI=1S/3C10H14.C9H11F5OS.C9H11F5S.CH4/c2*1-8(2)10-6-4-9(3)5-7-10;1-8(2)10-6-4-5-9(3)7-10;1-7(2)8-3-5-9(6-4-8)15-16(10,11,12,13)14;1-7(2)8-4-3-5-9(6-8)15(10,11,12,13)14;/h3*4-8H,1-3H3;3-7H,1-2H3;3-7H,1-2H3;1H4. The van der Waals surface area contributed by atoms with E-state index in [1.54, 1.807) is 13.8 Å². The summed E-state index contributed by atoms with van der Waals surface area (Å²) in [4.78, 5) is -1.82. The first kappa shape index (κ1) is 57.9. The molecule has 0 saturated carbocycles. The molecule has 62 heavy (non-hydrogen) atoms. The van der Waals surface area contributed by atoms with Gasteiger partial charge in [0.05, 0.1) is 0 Å². The van der Waals surface area contributed by atoms with Gasteiger partial charge in [-0.3, -0.25) is 0 Å². The third-order valence-electron chi connectivity index (χ3n) is 8.97. The summed E-state index contributed by atoms with van der Waals surface area (Å²) in [5.74, 6) is 0.948. The minimum absolute atomic E-state index is 0. The zero-order valence-electron chi connectivity index (χ0n) is 37.4. The molecule has 0 fully saturated rings. The molecule has 5 rings (SSSR count). The molecule has 0 atom stereocenters. The Kier molecular flexibility index (Phi) is 19.7. The van der Waals surface area contributed by atoms with Crippen LogP contribution in [0.1, 0.15) is 151 Å². The molecule has 0 radical (unpaired) electrons. The summed E-state index contributed by atoms with van der Waals surface area (Å²) in [6.45, 7) is 26.6. The second kappa shape index (κ2) is 21.1. The molecule has 0 saturated heterocycles. The van der Waals surface area contributed by atoms with Gasteiger partial charge in [-0.1, -0.05) is 229 Å². The van der Waals surface area contributed by atoms with Crippen LogP contribution in [-0.2, 0) is 0 Å². The fourth-order valence-corrected chi connectivity index (χ4v) is 6.31. The summed E-state index contributed by atoms with van der Waals surface area (Å²) in [7, 11) is -19.3. The maximum Gasteiger partial charge on any atom is 0.435 e. The number of hydrogen-bond donors (Lipinski definition) is 0. The zero-order chi connectivity index (χ0) is 47.3. The highest BCUT2D eigenvalue weighted by Gasteiger charge is 2.67. The molecule has 5 aromatic carbocycles. The predicted molar refractivity (Wildman–Crippen MR) is 249 cm³/mol. The fourth-order valence-electron chi connectivity index (χ4n) is 5.14. The van der Waals surface area contributed by atoms with Crippen molar-refractivity contribution in [2.24, 2.45) is 0 Å². The van der Waals surface area contributed by atoms with Gasteiger partial charge in [-0.05, 0) is 102 Å². The van der Waals surface area contributed by atoms with Crippen molar-refractivity contribution in [2.45, 2.75) is 132 Å². The van der Waals surface area contributed by atoms with E-state index in [2.05, 4.69) is 139 Å². The van der Waals surface area contributed by atoms with E-state index in [9.17, 15) is 38.9 Å². The van der Waals surface area contributed by atoms with Crippen LogP contribution in [-0.4, -0.2) is 0 Å². The van der Waals surface area contributed by atoms with E-state index in [0.717, 1.165) is 23.8 Å². The van der Waals surface area contributed by atoms with Gasteiger partial charge in [0, 0.05) is 0 Å². The van der Waals surface area contributed by atoms with Gasteiger partial charge in [-0.25, -0.2) is 0 Å². The Morgan fingerprint density at radius 3 is 0.935 bits per heavy atom. The predicted octanol–water partition coefficient (Wildman–Crippen LogP) is 20.9. The largest absolute Gasteiger partial charge is 0.435 e. The van der Waals surface area contributed by atoms with Crippen LogP contribution in [0.2, 0.25) is 0 Å². The van der Waals surface area contributed by atoms with Crippen LogP contribution in [0.3, 0.4) is 0 Å². The van der Waals surface area contributed by atoms with E-state index < -0.39 is 31.4 Å². The molecule has 0 bridgehead atoms. The van der Waals surface area contributed by atoms with Crippen LogP contribution >= 0.6 is 20.7 Å². The Morgan fingerprint density at radius 1 is 0.355 bits per heavy atom. The minimum Gasteiger partial charge on any atom is -0.355 e. The first-order valence-electron chi connectivity index (χ1n) is 19.9. The average Bonchev–Trinajstić information content (AvgIpc) is 3.11. The highest BCUT2D eigenvalue weighted by molar-refractivity contribution is 8.45. The van der Waals surface area contributed by atoms with Gasteiger partial charge in [-0.2, -0.15) is 0 Å². The molecule has 0 N–H and O–H groups in total. The van der Waals surface area contributed by atoms with E-state index in [4.69, 9.17) is 0 Å². The normalized spacial score (nSPS) is 13.5. The monoisotopic (exact) mass is 926 g/mol. The van der Waals surface area contributed by atoms with Crippen molar-refractivity contribution in [3.05, 3.63) is 166 Å². The van der Waals surface area contributed by atoms with Gasteiger partial charge in [0.1, 0.15) is 10.6 Å². The highest BCUT2D eigenvalue weighted by Crippen LogP contribution is 3.02. The first-order valence-corrected chi connectivity index (χ1v) is 23.8. The second-order valence-electron chi connectivity index (χ2n) is 16.6. The highest BCUT2D eigenvalue weighted by atomic mass is 32.5. The third kappa shape index (κ3) is 24.5. The summed E-state index contributed by atoms with van der Waals surface area (Å²) in [6.07, 6.45) is 0. The number of aryl methyl sites for hydroxylation is 3. The van der Waals surface area contributed by atoms with Crippen molar-refractivity contribution in [2.75, 3.05) is 0 Å². The average molecular weight is 927 g/mol. The van der Waals surface area contributed by atoms with Crippen molar-refractivity contribution in [1.29, 1.82) is 0 Å². The molecule has 352 valence electrons. The molecule has 0 aliphatic heterocycles. The van der Waals surface area contributed by atoms with Gasteiger partial charge in [0.15, 0.2) is 0 Å². The maximum atomic E-state index is 12.4. The molecule has 0 amide bonds. The Morgan fingerprint density at radius 2 is 0.661 bits per heavy atom. The van der Waals surface area contributed by atoms with E-state index in [0.29, 0.717) is 29.9 Å². The van der Waals surface area contributed by atoms with E-state index in [-0.39, 0.29) is 24.8 Å². The van der Waals surface area contributed by atoms with Gasteiger partial charge in [0.25, 0.3) is 0 Å². The van der Waals surface area contributed by atoms with Crippen LogP contribution in [0.25, 0.3) is 0 Å². The van der Waals surface area contributed by atoms with E-state index in [1.807, 2.05) is 13.8 Å². The summed E-state index contributed by atoms with van der Waals surface area (Å²) >= 11 is 0. The smallest absolute Gasteiger partial charge is 0.355 e. The lowest BCUT2D eigenvalue weighted by Gasteiger charge is -2.40. The van der Waals surface area contributed by atoms with Crippen LogP contribution in [0, 0.1) is 20.8 Å². The lowest BCUT2D eigenvalue weighted by atomic mass is 10.0. The summed E-state index contributed by atoms with van der Waals surface area (Å²) in [5, 5.41) is 0. The lowest BCUT2D eigenvalue weighted by Crippen LogP contribution is -2.13. The lowest BCUT2D eigenvalue weighted by molar-refractivity contribution is 0.243. The molecular weight excluding hydrogens is 859 g/mol. The van der Waals surface area contributed by atoms with Gasteiger partial charge in [-0.15, -0.1) is 0 Å². The van der Waals surface area contributed by atoms with Crippen LogP contribution in [0.5, 0.6) is 5.75 Å². The molecule has 0 spiro atoms. The van der Waals surface area contributed by atoms with Crippen molar-refractivity contribution in [3.63, 3.8) is 0 Å². The van der Waals surface area contributed by atoms with Crippen molar-refractivity contribution >= 4 is 20.7 Å². The number of halogens is 10. The van der Waals surface area contributed by atoms with Gasteiger partial charge < -0.3 is 4.18 Å². The van der Waals surface area contributed by atoms with Crippen molar-refractivity contribution < 1.29 is 43.0 Å².